The molecular formula is C22H36N2O2. The van der Waals surface area contributed by atoms with Crippen molar-refractivity contribution in [2.75, 3.05) is 14.2 Å². The van der Waals surface area contributed by atoms with Crippen LogP contribution in [0.1, 0.15) is 71.1 Å². The van der Waals surface area contributed by atoms with Gasteiger partial charge in [0.15, 0.2) is 5.72 Å². The predicted octanol–water partition coefficient (Wildman–Crippen LogP) is 5.05. The van der Waals surface area contributed by atoms with Gasteiger partial charge < -0.3 is 14.8 Å². The highest BCUT2D eigenvalue weighted by Crippen LogP contribution is 2.34. The molecule has 0 saturated carbocycles. The largest absolute Gasteiger partial charge is 0.496 e. The zero-order chi connectivity index (χ0) is 18.8. The number of dihydropyridines is 1. The van der Waals surface area contributed by atoms with Crippen LogP contribution < -0.4 is 11.1 Å². The van der Waals surface area contributed by atoms with E-state index in [2.05, 4.69) is 12.2 Å². The van der Waals surface area contributed by atoms with Crippen LogP contribution in [0.15, 0.2) is 47.0 Å². The van der Waals surface area contributed by atoms with Gasteiger partial charge in [0.1, 0.15) is 5.76 Å². The summed E-state index contributed by atoms with van der Waals surface area (Å²) < 4.78 is 10.9. The van der Waals surface area contributed by atoms with Crippen LogP contribution in [0.5, 0.6) is 0 Å². The van der Waals surface area contributed by atoms with E-state index in [4.69, 9.17) is 15.2 Å². The lowest BCUT2D eigenvalue weighted by Gasteiger charge is -2.32. The average molecular weight is 361 g/mol. The SMILES string of the molecule is CCCCCCCCCCCC1=C2C=C(OC)C(N)(OC)C=C2C=CN1. The van der Waals surface area contributed by atoms with Gasteiger partial charge in [-0.15, -0.1) is 0 Å². The molecule has 0 saturated heterocycles. The molecule has 26 heavy (non-hydrogen) atoms. The molecule has 0 spiro atoms. The summed E-state index contributed by atoms with van der Waals surface area (Å²) in [6.07, 6.45) is 21.1. The Balaban J connectivity index is 1.84. The fourth-order valence-electron chi connectivity index (χ4n) is 3.61. The van der Waals surface area contributed by atoms with Gasteiger partial charge in [0, 0.05) is 24.6 Å². The quantitative estimate of drug-likeness (QED) is 0.378. The minimum absolute atomic E-state index is 0.639. The Bertz CT molecular complexity index is 575. The van der Waals surface area contributed by atoms with E-state index < -0.39 is 5.72 Å². The fourth-order valence-corrected chi connectivity index (χ4v) is 3.61. The van der Waals surface area contributed by atoms with Crippen LogP contribution >= 0.6 is 0 Å². The van der Waals surface area contributed by atoms with Crippen molar-refractivity contribution in [3.63, 3.8) is 0 Å². The van der Waals surface area contributed by atoms with E-state index in [1.165, 1.54) is 69.1 Å². The third kappa shape index (κ3) is 5.49. The predicted molar refractivity (Wildman–Crippen MR) is 108 cm³/mol. The van der Waals surface area contributed by atoms with Gasteiger partial charge in [0.2, 0.25) is 0 Å². The summed E-state index contributed by atoms with van der Waals surface area (Å²) in [4.78, 5) is 0. The van der Waals surface area contributed by atoms with Gasteiger partial charge >= 0.3 is 0 Å². The van der Waals surface area contributed by atoms with Gasteiger partial charge in [0.25, 0.3) is 0 Å². The smallest absolute Gasteiger partial charge is 0.194 e. The van der Waals surface area contributed by atoms with Crippen molar-refractivity contribution in [1.29, 1.82) is 0 Å². The molecule has 0 amide bonds. The lowest BCUT2D eigenvalue weighted by Crippen LogP contribution is -2.44. The summed E-state index contributed by atoms with van der Waals surface area (Å²) in [5, 5.41) is 3.41. The highest BCUT2D eigenvalue weighted by molar-refractivity contribution is 5.57. The lowest BCUT2D eigenvalue weighted by atomic mass is 9.89. The van der Waals surface area contributed by atoms with Gasteiger partial charge in [-0.05, 0) is 36.6 Å². The van der Waals surface area contributed by atoms with Crippen molar-refractivity contribution in [1.82, 2.24) is 5.32 Å². The van der Waals surface area contributed by atoms with Gasteiger partial charge in [-0.2, -0.15) is 0 Å². The maximum atomic E-state index is 6.30. The van der Waals surface area contributed by atoms with Crippen molar-refractivity contribution < 1.29 is 9.47 Å². The van der Waals surface area contributed by atoms with Crippen LogP contribution in [0.2, 0.25) is 0 Å². The Kier molecular flexibility index (Phi) is 8.46. The minimum Gasteiger partial charge on any atom is -0.496 e. The molecule has 4 nitrogen and oxygen atoms in total. The molecule has 0 fully saturated rings. The van der Waals surface area contributed by atoms with Crippen molar-refractivity contribution in [2.45, 2.75) is 76.9 Å². The van der Waals surface area contributed by atoms with Crippen molar-refractivity contribution in [3.05, 3.63) is 47.0 Å². The molecular weight excluding hydrogens is 324 g/mol. The van der Waals surface area contributed by atoms with Crippen LogP contribution in [-0.2, 0) is 9.47 Å². The van der Waals surface area contributed by atoms with E-state index >= 15 is 0 Å². The van der Waals surface area contributed by atoms with E-state index in [1.54, 1.807) is 14.2 Å². The van der Waals surface area contributed by atoms with E-state index in [0.717, 1.165) is 12.0 Å². The number of rotatable bonds is 12. The Morgan fingerprint density at radius 3 is 2.27 bits per heavy atom. The van der Waals surface area contributed by atoms with Crippen LogP contribution in [0, 0.1) is 0 Å². The Labute approximate surface area is 159 Å². The number of nitrogens with one attached hydrogen (secondary N) is 1. The molecule has 1 unspecified atom stereocenters. The summed E-state index contributed by atoms with van der Waals surface area (Å²) in [6, 6.07) is 0. The maximum Gasteiger partial charge on any atom is 0.194 e. The highest BCUT2D eigenvalue weighted by atomic mass is 16.5. The van der Waals surface area contributed by atoms with E-state index in [0.29, 0.717) is 5.76 Å². The number of unbranched alkanes of at least 4 members (excludes halogenated alkanes) is 8. The van der Waals surface area contributed by atoms with Gasteiger partial charge in [0.05, 0.1) is 7.11 Å². The van der Waals surface area contributed by atoms with Crippen molar-refractivity contribution in [2.24, 2.45) is 5.73 Å². The zero-order valence-electron chi connectivity index (χ0n) is 16.8. The topological polar surface area (TPSA) is 56.5 Å². The molecule has 0 radical (unpaired) electrons. The molecule has 1 aliphatic carbocycles. The molecule has 1 aliphatic heterocycles. The molecule has 0 aromatic carbocycles. The van der Waals surface area contributed by atoms with Crippen LogP contribution in [0.4, 0.5) is 0 Å². The van der Waals surface area contributed by atoms with Gasteiger partial charge in [-0.25, -0.2) is 0 Å². The fraction of sp³-hybridized carbons (Fsp3) is 0.636. The highest BCUT2D eigenvalue weighted by Gasteiger charge is 2.34. The van der Waals surface area contributed by atoms with Crippen LogP contribution in [-0.4, -0.2) is 19.9 Å². The van der Waals surface area contributed by atoms with Crippen molar-refractivity contribution >= 4 is 0 Å². The molecule has 2 rings (SSSR count). The molecule has 0 bridgehead atoms. The summed E-state index contributed by atoms with van der Waals surface area (Å²) in [6.45, 7) is 2.27. The summed E-state index contributed by atoms with van der Waals surface area (Å²) >= 11 is 0. The van der Waals surface area contributed by atoms with Crippen LogP contribution in [0.25, 0.3) is 0 Å². The monoisotopic (exact) mass is 360 g/mol. The zero-order valence-corrected chi connectivity index (χ0v) is 16.8. The number of ether oxygens (including phenoxy) is 2. The average Bonchev–Trinajstić information content (AvgIpc) is 2.66. The molecule has 1 atom stereocenters. The summed E-state index contributed by atoms with van der Waals surface area (Å²) in [5.41, 5.74) is 8.82. The van der Waals surface area contributed by atoms with Gasteiger partial charge in [-0.1, -0.05) is 58.3 Å². The van der Waals surface area contributed by atoms with E-state index in [1.807, 2.05) is 24.4 Å². The molecule has 2 aliphatic rings. The van der Waals surface area contributed by atoms with E-state index in [-0.39, 0.29) is 0 Å². The molecule has 146 valence electrons. The number of hydrogen-bond acceptors (Lipinski definition) is 4. The molecule has 0 aromatic rings. The second-order valence-corrected chi connectivity index (χ2v) is 7.26. The van der Waals surface area contributed by atoms with Crippen molar-refractivity contribution in [3.8, 4) is 0 Å². The second-order valence-electron chi connectivity index (χ2n) is 7.26. The summed E-state index contributed by atoms with van der Waals surface area (Å²) in [7, 11) is 3.24. The maximum absolute atomic E-state index is 6.30. The molecule has 0 aromatic heterocycles. The first-order valence-electron chi connectivity index (χ1n) is 10.1. The molecule has 4 heteroatoms. The third-order valence-electron chi connectivity index (χ3n) is 5.28. The standard InChI is InChI=1S/C22H36N2O2/c1-4-5-6-7-8-9-10-11-12-13-20-19-16-21(25-2)22(23,26-3)17-18(19)14-15-24-20/h14-17,24H,4-13,23H2,1-3H3. The molecule has 3 N–H and O–H groups in total. The Morgan fingerprint density at radius 1 is 1.00 bits per heavy atom. The normalized spacial score (nSPS) is 21.8. The van der Waals surface area contributed by atoms with Crippen LogP contribution in [0.3, 0.4) is 0 Å². The first kappa shape index (κ1) is 20.8. The number of nitrogens with two attached hydrogens (primary N) is 1. The first-order valence-corrected chi connectivity index (χ1v) is 10.1. The number of hydrogen-bond donors (Lipinski definition) is 2. The second kappa shape index (κ2) is 10.6. The minimum atomic E-state index is -0.988. The van der Waals surface area contributed by atoms with Gasteiger partial charge in [-0.3, -0.25) is 5.73 Å². The Morgan fingerprint density at radius 2 is 1.65 bits per heavy atom. The lowest BCUT2D eigenvalue weighted by molar-refractivity contribution is 0.0215. The molecule has 1 heterocycles. The number of fused-ring (bicyclic) bond motifs is 1. The number of methoxy groups -OCH3 is 2. The Hall–Kier alpha value is -1.52. The number of allylic oxidation sites excluding steroid dienone is 5. The summed E-state index contributed by atoms with van der Waals surface area (Å²) in [5.74, 6) is 0.639. The van der Waals surface area contributed by atoms with E-state index in [9.17, 15) is 0 Å². The first-order chi connectivity index (χ1) is 12.6. The third-order valence-corrected chi connectivity index (χ3v) is 5.28.